The average molecular weight is 781 g/mol. The van der Waals surface area contributed by atoms with Crippen molar-refractivity contribution in [2.75, 3.05) is 19.8 Å². The average Bonchev–Trinajstić information content (AvgIpc) is 3.57. The Morgan fingerprint density at radius 2 is 1.21 bits per heavy atom. The summed E-state index contributed by atoms with van der Waals surface area (Å²) < 4.78 is 18.6. The smallest absolute Gasteiger partial charge is 0.119 e. The molecule has 0 radical (unpaired) electrons. The molecule has 0 aromatic heterocycles. The highest BCUT2D eigenvalue weighted by Crippen LogP contribution is 2.67. The fourth-order valence-electron chi connectivity index (χ4n) is 12.5. The van der Waals surface area contributed by atoms with Crippen molar-refractivity contribution in [3.8, 4) is 22.6 Å². The Morgan fingerprint density at radius 3 is 1.82 bits per heavy atom. The molecule has 318 valence electrons. The number of benzene rings is 2. The number of unbranched alkanes of at least 4 members (excludes halogenated alkanes) is 9. The van der Waals surface area contributed by atoms with Crippen molar-refractivity contribution in [1.29, 1.82) is 0 Å². The molecule has 0 amide bonds. The van der Waals surface area contributed by atoms with Gasteiger partial charge >= 0.3 is 0 Å². The van der Waals surface area contributed by atoms with Gasteiger partial charge in [-0.2, -0.15) is 0 Å². The fraction of sp³-hybridized carbons (Fsp3) is 0.741. The molecule has 0 aliphatic heterocycles. The Balaban J connectivity index is 0.804. The molecule has 8 atom stereocenters. The summed E-state index contributed by atoms with van der Waals surface area (Å²) in [7, 11) is 0. The van der Waals surface area contributed by atoms with E-state index in [1.165, 1.54) is 140 Å². The van der Waals surface area contributed by atoms with E-state index in [-0.39, 0.29) is 0 Å². The van der Waals surface area contributed by atoms with Gasteiger partial charge in [0.15, 0.2) is 0 Å². The normalized spacial score (nSPS) is 28.7. The molecular formula is C54H84O3. The molecule has 4 aliphatic carbocycles. The molecule has 0 heterocycles. The maximum atomic E-state index is 6.58. The van der Waals surface area contributed by atoms with Crippen LogP contribution in [0.4, 0.5) is 0 Å². The number of ether oxygens (including phenoxy) is 3. The van der Waals surface area contributed by atoms with E-state index in [2.05, 4.69) is 96.1 Å². The minimum absolute atomic E-state index is 0.428. The maximum absolute atomic E-state index is 6.58. The highest BCUT2D eigenvalue weighted by molar-refractivity contribution is 5.64. The van der Waals surface area contributed by atoms with Gasteiger partial charge < -0.3 is 14.2 Å². The number of rotatable bonds is 24. The molecule has 0 spiro atoms. The minimum Gasteiger partial charge on any atom is -0.494 e. The predicted molar refractivity (Wildman–Crippen MR) is 242 cm³/mol. The summed E-state index contributed by atoms with van der Waals surface area (Å²) in [5.41, 5.74) is 5.22. The molecule has 2 aromatic rings. The number of fused-ring (bicyclic) bond motifs is 5. The molecule has 6 rings (SSSR count). The Morgan fingerprint density at radius 1 is 0.614 bits per heavy atom. The lowest BCUT2D eigenvalue weighted by atomic mass is 9.47. The number of hydrogen-bond acceptors (Lipinski definition) is 3. The lowest BCUT2D eigenvalue weighted by molar-refractivity contribution is -0.0641. The topological polar surface area (TPSA) is 27.7 Å². The van der Waals surface area contributed by atoms with Gasteiger partial charge in [-0.25, -0.2) is 0 Å². The summed E-state index contributed by atoms with van der Waals surface area (Å²) in [6, 6.07) is 17.0. The Hall–Kier alpha value is -2.26. The molecule has 0 unspecified atom stereocenters. The first kappa shape index (κ1) is 44.3. The third-order valence-corrected chi connectivity index (χ3v) is 16.0. The molecule has 0 saturated heterocycles. The van der Waals surface area contributed by atoms with Crippen molar-refractivity contribution in [1.82, 2.24) is 0 Å². The Kier molecular flexibility index (Phi) is 17.0. The van der Waals surface area contributed by atoms with Crippen LogP contribution in [0.3, 0.4) is 0 Å². The standard InChI is InChI=1S/C54H84O3/c1-7-8-9-15-37-55-46-26-21-43(22-27-46)44-23-28-47(29-24-44)56-38-16-13-11-10-12-14-17-39-57-48-33-35-53(5)45(40-48)25-30-49-51-32-31-50(42(4)20-18-19-41(2)3)54(51,6)36-34-52(49)53/h21-29,41-42,48-52H,7-20,30-40H2,1-6H3/t42-,48+,49+,50-,51+,52+,53+,54-/m1/s1. The predicted octanol–water partition coefficient (Wildman–Crippen LogP) is 15.8. The first-order valence-electron chi connectivity index (χ1n) is 24.5. The maximum Gasteiger partial charge on any atom is 0.119 e. The van der Waals surface area contributed by atoms with Gasteiger partial charge in [-0.15, -0.1) is 0 Å². The summed E-state index contributed by atoms with van der Waals surface area (Å²) in [5, 5.41) is 0. The van der Waals surface area contributed by atoms with Crippen molar-refractivity contribution < 1.29 is 14.2 Å². The lowest BCUT2D eigenvalue weighted by Gasteiger charge is -2.58. The Labute approximate surface area is 350 Å². The van der Waals surface area contributed by atoms with Gasteiger partial charge in [-0.05, 0) is 152 Å². The van der Waals surface area contributed by atoms with Gasteiger partial charge in [0.2, 0.25) is 0 Å². The zero-order valence-corrected chi connectivity index (χ0v) is 37.6. The van der Waals surface area contributed by atoms with E-state index in [0.29, 0.717) is 16.9 Å². The SMILES string of the molecule is CCCCCCOc1ccc(-c2ccc(OCCCCCCCCCO[C@H]3CC[C@@]4(C)C(=CC[C@H]5[C@@H]6CC[C@H]([C@H](C)CCCC(C)C)[C@@]6(C)CC[C@@H]54)C3)cc2)cc1. The molecule has 0 N–H and O–H groups in total. The molecular weight excluding hydrogens is 697 g/mol. The van der Waals surface area contributed by atoms with Crippen molar-refractivity contribution in [2.45, 2.75) is 189 Å². The van der Waals surface area contributed by atoms with Gasteiger partial charge in [-0.1, -0.05) is 148 Å². The van der Waals surface area contributed by atoms with Gasteiger partial charge in [0, 0.05) is 6.61 Å². The van der Waals surface area contributed by atoms with Crippen LogP contribution in [0.25, 0.3) is 11.1 Å². The second-order valence-corrected chi connectivity index (χ2v) is 20.3. The van der Waals surface area contributed by atoms with Crippen LogP contribution < -0.4 is 9.47 Å². The van der Waals surface area contributed by atoms with E-state index in [1.54, 1.807) is 5.57 Å². The fourth-order valence-corrected chi connectivity index (χ4v) is 12.5. The van der Waals surface area contributed by atoms with Gasteiger partial charge in [0.1, 0.15) is 11.5 Å². The van der Waals surface area contributed by atoms with E-state index in [1.807, 2.05) is 0 Å². The van der Waals surface area contributed by atoms with Crippen LogP contribution in [0.1, 0.15) is 183 Å². The quantitative estimate of drug-likeness (QED) is 0.0784. The van der Waals surface area contributed by atoms with Crippen LogP contribution in [0, 0.1) is 46.3 Å². The van der Waals surface area contributed by atoms with Crippen LogP contribution >= 0.6 is 0 Å². The van der Waals surface area contributed by atoms with Crippen LogP contribution in [0.5, 0.6) is 11.5 Å². The van der Waals surface area contributed by atoms with Gasteiger partial charge in [0.05, 0.1) is 19.3 Å². The molecule has 3 heteroatoms. The van der Waals surface area contributed by atoms with Crippen LogP contribution in [-0.2, 0) is 4.74 Å². The molecule has 3 fully saturated rings. The summed E-state index contributed by atoms with van der Waals surface area (Å²) in [6.45, 7) is 17.6. The van der Waals surface area contributed by atoms with E-state index < -0.39 is 0 Å². The van der Waals surface area contributed by atoms with Crippen molar-refractivity contribution in [3.05, 3.63) is 60.2 Å². The summed E-state index contributed by atoms with van der Waals surface area (Å²) in [6.07, 6.45) is 32.4. The third-order valence-electron chi connectivity index (χ3n) is 16.0. The molecule has 2 aromatic carbocycles. The van der Waals surface area contributed by atoms with Crippen LogP contribution in [0.15, 0.2) is 60.2 Å². The minimum atomic E-state index is 0.428. The highest BCUT2D eigenvalue weighted by Gasteiger charge is 2.59. The van der Waals surface area contributed by atoms with Gasteiger partial charge in [0.25, 0.3) is 0 Å². The lowest BCUT2D eigenvalue weighted by Crippen LogP contribution is -2.51. The monoisotopic (exact) mass is 781 g/mol. The zero-order chi connectivity index (χ0) is 40.1. The van der Waals surface area contributed by atoms with Crippen molar-refractivity contribution in [3.63, 3.8) is 0 Å². The Bertz CT molecular complexity index is 1480. The summed E-state index contributed by atoms with van der Waals surface area (Å²) in [4.78, 5) is 0. The van der Waals surface area contributed by atoms with E-state index in [4.69, 9.17) is 14.2 Å². The van der Waals surface area contributed by atoms with Crippen LogP contribution in [0.2, 0.25) is 0 Å². The zero-order valence-electron chi connectivity index (χ0n) is 37.6. The first-order valence-corrected chi connectivity index (χ1v) is 24.5. The summed E-state index contributed by atoms with van der Waals surface area (Å²) in [5.74, 6) is 7.41. The van der Waals surface area contributed by atoms with Crippen molar-refractivity contribution >= 4 is 0 Å². The summed E-state index contributed by atoms with van der Waals surface area (Å²) >= 11 is 0. The second kappa shape index (κ2) is 21.8. The van der Waals surface area contributed by atoms with E-state index in [0.717, 1.165) is 79.7 Å². The largest absolute Gasteiger partial charge is 0.494 e. The van der Waals surface area contributed by atoms with Gasteiger partial charge in [-0.3, -0.25) is 0 Å². The van der Waals surface area contributed by atoms with Crippen LogP contribution in [-0.4, -0.2) is 25.9 Å². The second-order valence-electron chi connectivity index (χ2n) is 20.3. The number of allylic oxidation sites excluding steroid dienone is 1. The molecule has 0 bridgehead atoms. The third kappa shape index (κ3) is 11.7. The molecule has 3 saturated carbocycles. The van der Waals surface area contributed by atoms with E-state index in [9.17, 15) is 0 Å². The highest BCUT2D eigenvalue weighted by atomic mass is 16.5. The van der Waals surface area contributed by atoms with Crippen molar-refractivity contribution in [2.24, 2.45) is 46.3 Å². The first-order chi connectivity index (χ1) is 27.7. The molecule has 57 heavy (non-hydrogen) atoms. The number of hydrogen-bond donors (Lipinski definition) is 0. The molecule has 4 aliphatic rings. The van der Waals surface area contributed by atoms with E-state index >= 15 is 0 Å². The molecule has 3 nitrogen and oxygen atoms in total.